The van der Waals surface area contributed by atoms with Crippen molar-refractivity contribution in [2.24, 2.45) is 0 Å². The number of hydrogen-bond acceptors (Lipinski definition) is 2. The summed E-state index contributed by atoms with van der Waals surface area (Å²) in [7, 11) is 3.46. The molecule has 1 radical (unpaired) electrons. The summed E-state index contributed by atoms with van der Waals surface area (Å²) in [6, 6.07) is 9.92. The van der Waals surface area contributed by atoms with Crippen molar-refractivity contribution >= 4 is 18.7 Å². The molecule has 4 N–H and O–H groups in total. The fourth-order valence-corrected chi connectivity index (χ4v) is 1.61. The van der Waals surface area contributed by atoms with Gasteiger partial charge in [0.1, 0.15) is 0 Å². The van der Waals surface area contributed by atoms with Gasteiger partial charge in [-0.2, -0.15) is 0 Å². The number of methoxy groups -OCH3 is 1. The monoisotopic (exact) mass is 223 g/mol. The summed E-state index contributed by atoms with van der Waals surface area (Å²) in [4.78, 5) is 11.4. The lowest BCUT2D eigenvalue weighted by atomic mass is 9.56. The van der Waals surface area contributed by atoms with E-state index in [1.807, 2.05) is 37.6 Å². The molecule has 0 bridgehead atoms. The highest BCUT2D eigenvalue weighted by atomic mass is 16.5. The van der Waals surface area contributed by atoms with Crippen molar-refractivity contribution in [2.45, 2.75) is 18.2 Å². The maximum atomic E-state index is 11.4. The molecule has 0 amide bonds. The molecular weight excluding hydrogens is 207 g/mol. The molecule has 0 atom stereocenters. The Bertz CT molecular complexity index is 335. The van der Waals surface area contributed by atoms with Gasteiger partial charge in [-0.15, -0.1) is 0 Å². The minimum absolute atomic E-state index is 0. The van der Waals surface area contributed by atoms with Crippen LogP contribution in [0, 0.1) is 0 Å². The molecule has 4 nitrogen and oxygen atoms in total. The zero-order chi connectivity index (χ0) is 10.0. The van der Waals surface area contributed by atoms with E-state index in [1.54, 1.807) is 0 Å². The van der Waals surface area contributed by atoms with Gasteiger partial charge < -0.3 is 15.7 Å². The van der Waals surface area contributed by atoms with E-state index < -0.39 is 0 Å². The van der Waals surface area contributed by atoms with E-state index in [9.17, 15) is 4.79 Å². The lowest BCUT2D eigenvalue weighted by Crippen LogP contribution is -2.27. The zero-order valence-electron chi connectivity index (χ0n) is 9.19. The van der Waals surface area contributed by atoms with Crippen molar-refractivity contribution in [3.63, 3.8) is 0 Å². The van der Waals surface area contributed by atoms with Gasteiger partial charge in [-0.05, 0) is 12.8 Å². The van der Waals surface area contributed by atoms with Crippen molar-refractivity contribution in [3.8, 4) is 0 Å². The molecule has 0 saturated heterocycles. The SMILES string of the molecule is COC(=O)C1([B]c2ccccc2)CC1.O.O. The fourth-order valence-electron chi connectivity index (χ4n) is 1.61. The summed E-state index contributed by atoms with van der Waals surface area (Å²) in [6.45, 7) is 0. The van der Waals surface area contributed by atoms with E-state index in [2.05, 4.69) is 0 Å². The van der Waals surface area contributed by atoms with Crippen molar-refractivity contribution in [1.82, 2.24) is 0 Å². The first-order valence-corrected chi connectivity index (χ1v) is 4.76. The van der Waals surface area contributed by atoms with Gasteiger partial charge in [0.25, 0.3) is 0 Å². The molecule has 5 heteroatoms. The average molecular weight is 223 g/mol. The average Bonchev–Trinajstić information content (AvgIpc) is 2.99. The topological polar surface area (TPSA) is 89.3 Å². The quantitative estimate of drug-likeness (QED) is 0.510. The first kappa shape index (κ1) is 14.7. The Balaban J connectivity index is 0.00000112. The highest BCUT2D eigenvalue weighted by Crippen LogP contribution is 2.53. The van der Waals surface area contributed by atoms with E-state index in [0.29, 0.717) is 0 Å². The standard InChI is InChI=1S/C11H12BO2.2H2O/c1-14-10(13)11(7-8-11)12-9-5-3-2-4-6-9;;/h2-6H,7-8H2,1H3;2*1H2. The minimum Gasteiger partial charge on any atom is -0.469 e. The molecule has 0 unspecified atom stereocenters. The molecular formula is C11H16BO4. The van der Waals surface area contributed by atoms with Gasteiger partial charge in [0.05, 0.1) is 7.11 Å². The predicted molar refractivity (Wildman–Crippen MR) is 63.0 cm³/mol. The third-order valence-electron chi connectivity index (χ3n) is 2.62. The van der Waals surface area contributed by atoms with Gasteiger partial charge >= 0.3 is 5.97 Å². The molecule has 87 valence electrons. The van der Waals surface area contributed by atoms with E-state index in [4.69, 9.17) is 4.74 Å². The summed E-state index contributed by atoms with van der Waals surface area (Å²) in [5.41, 5.74) is 1.09. The number of esters is 1. The Morgan fingerprint density at radius 2 is 1.81 bits per heavy atom. The number of ether oxygens (including phenoxy) is 1. The third kappa shape index (κ3) is 2.84. The van der Waals surface area contributed by atoms with Crippen molar-refractivity contribution in [1.29, 1.82) is 0 Å². The first-order chi connectivity index (χ1) is 6.77. The molecule has 1 aromatic carbocycles. The van der Waals surface area contributed by atoms with Crippen LogP contribution in [0.1, 0.15) is 12.8 Å². The van der Waals surface area contributed by atoms with Crippen LogP contribution in [0.4, 0.5) is 0 Å². The first-order valence-electron chi connectivity index (χ1n) is 4.76. The van der Waals surface area contributed by atoms with Gasteiger partial charge in [0.2, 0.25) is 0 Å². The molecule has 1 aliphatic rings. The van der Waals surface area contributed by atoms with Crippen molar-refractivity contribution in [3.05, 3.63) is 30.3 Å². The Hall–Kier alpha value is -1.33. The van der Waals surface area contributed by atoms with E-state index >= 15 is 0 Å². The second-order valence-corrected chi connectivity index (χ2v) is 3.70. The highest BCUT2D eigenvalue weighted by molar-refractivity contribution is 6.62. The van der Waals surface area contributed by atoms with Gasteiger partial charge in [0, 0.05) is 5.31 Å². The number of hydrogen-bond donors (Lipinski definition) is 0. The molecule has 1 saturated carbocycles. The largest absolute Gasteiger partial charge is 0.469 e. The smallest absolute Gasteiger partial charge is 0.304 e. The molecule has 16 heavy (non-hydrogen) atoms. The van der Waals surface area contributed by atoms with Crippen LogP contribution in [0.5, 0.6) is 0 Å². The molecule has 0 aromatic heterocycles. The van der Waals surface area contributed by atoms with Crippen LogP contribution in [0.15, 0.2) is 30.3 Å². The molecule has 1 aromatic rings. The van der Waals surface area contributed by atoms with Crippen molar-refractivity contribution in [2.75, 3.05) is 7.11 Å². The van der Waals surface area contributed by atoms with Crippen LogP contribution in [0.3, 0.4) is 0 Å². The zero-order valence-corrected chi connectivity index (χ0v) is 9.19. The second-order valence-electron chi connectivity index (χ2n) is 3.70. The lowest BCUT2D eigenvalue weighted by Gasteiger charge is -2.10. The molecule has 1 aliphatic carbocycles. The van der Waals surface area contributed by atoms with Crippen LogP contribution >= 0.6 is 0 Å². The molecule has 2 rings (SSSR count). The van der Waals surface area contributed by atoms with Crippen molar-refractivity contribution < 1.29 is 20.5 Å². The molecule has 1 fully saturated rings. The number of rotatable bonds is 3. The molecule has 0 aliphatic heterocycles. The van der Waals surface area contributed by atoms with Gasteiger partial charge in [0.15, 0.2) is 7.28 Å². The van der Waals surface area contributed by atoms with E-state index in [1.165, 1.54) is 7.11 Å². The van der Waals surface area contributed by atoms with Gasteiger partial charge in [-0.1, -0.05) is 35.8 Å². The van der Waals surface area contributed by atoms with Crippen LogP contribution < -0.4 is 5.46 Å². The summed E-state index contributed by atoms with van der Waals surface area (Å²) in [5.74, 6) is -0.110. The summed E-state index contributed by atoms with van der Waals surface area (Å²) >= 11 is 0. The van der Waals surface area contributed by atoms with Gasteiger partial charge in [-0.25, -0.2) is 0 Å². The van der Waals surface area contributed by atoms with Crippen LogP contribution in [0.2, 0.25) is 5.31 Å². The predicted octanol–water partition coefficient (Wildman–Crippen LogP) is -0.508. The second kappa shape index (κ2) is 5.68. The van der Waals surface area contributed by atoms with E-state index in [-0.39, 0.29) is 22.2 Å². The Morgan fingerprint density at radius 1 is 1.25 bits per heavy atom. The summed E-state index contributed by atoms with van der Waals surface area (Å²) in [5, 5.41) is -0.323. The summed E-state index contributed by atoms with van der Waals surface area (Å²) in [6.07, 6.45) is 1.82. The number of benzene rings is 1. The van der Waals surface area contributed by atoms with Gasteiger partial charge in [-0.3, -0.25) is 4.79 Å². The minimum atomic E-state index is -0.323. The van der Waals surface area contributed by atoms with E-state index in [0.717, 1.165) is 18.3 Å². The Morgan fingerprint density at radius 3 is 2.25 bits per heavy atom. The summed E-state index contributed by atoms with van der Waals surface area (Å²) < 4.78 is 4.78. The van der Waals surface area contributed by atoms with Crippen LogP contribution in [0.25, 0.3) is 0 Å². The Labute approximate surface area is 95.5 Å². The fraction of sp³-hybridized carbons (Fsp3) is 0.364. The normalized spacial score (nSPS) is 15.1. The molecule has 0 heterocycles. The number of carbonyl (C=O) groups excluding carboxylic acids is 1. The van der Waals surface area contributed by atoms with Crippen LogP contribution in [-0.4, -0.2) is 31.3 Å². The van der Waals surface area contributed by atoms with Crippen LogP contribution in [-0.2, 0) is 9.53 Å². The number of carbonyl (C=O) groups is 1. The third-order valence-corrected chi connectivity index (χ3v) is 2.62. The molecule has 0 spiro atoms. The maximum Gasteiger partial charge on any atom is 0.304 e. The Kier molecular flexibility index (Phi) is 5.21. The maximum absolute atomic E-state index is 11.4. The lowest BCUT2D eigenvalue weighted by molar-refractivity contribution is -0.141. The highest BCUT2D eigenvalue weighted by Gasteiger charge is 2.51.